The van der Waals surface area contributed by atoms with E-state index in [9.17, 15) is 0 Å². The van der Waals surface area contributed by atoms with Crippen LogP contribution in [-0.4, -0.2) is 37.9 Å². The van der Waals surface area contributed by atoms with Crippen molar-refractivity contribution >= 4 is 11.5 Å². The van der Waals surface area contributed by atoms with Gasteiger partial charge in [-0.2, -0.15) is 0 Å². The van der Waals surface area contributed by atoms with Crippen molar-refractivity contribution in [2.24, 2.45) is 4.99 Å². The summed E-state index contributed by atoms with van der Waals surface area (Å²) in [4.78, 5) is 7.03. The zero-order valence-corrected chi connectivity index (χ0v) is 13.3. The lowest BCUT2D eigenvalue weighted by molar-refractivity contribution is 0.403. The molecule has 0 atom stereocenters. The van der Waals surface area contributed by atoms with Crippen molar-refractivity contribution < 1.29 is 0 Å². The lowest BCUT2D eigenvalue weighted by atomic mass is 10.0. The van der Waals surface area contributed by atoms with E-state index in [-0.39, 0.29) is 0 Å². The summed E-state index contributed by atoms with van der Waals surface area (Å²) in [6.45, 7) is 1.91. The van der Waals surface area contributed by atoms with E-state index in [1.807, 2.05) is 0 Å². The van der Waals surface area contributed by atoms with Crippen molar-refractivity contribution in [1.82, 2.24) is 4.90 Å². The first-order chi connectivity index (χ1) is 10.7. The van der Waals surface area contributed by atoms with Crippen LogP contribution in [0.2, 0.25) is 0 Å². The third-order valence-electron chi connectivity index (χ3n) is 3.96. The van der Waals surface area contributed by atoms with Crippen molar-refractivity contribution in [2.75, 3.05) is 32.5 Å². The Hall–Kier alpha value is -2.13. The summed E-state index contributed by atoms with van der Waals surface area (Å²) in [5.41, 5.74) is 5.06. The predicted molar refractivity (Wildman–Crippen MR) is 93.9 cm³/mol. The Labute approximate surface area is 132 Å². The van der Waals surface area contributed by atoms with E-state index in [0.717, 1.165) is 31.8 Å². The molecule has 2 aromatic rings. The second kappa shape index (κ2) is 6.75. The van der Waals surface area contributed by atoms with Crippen molar-refractivity contribution in [3.05, 3.63) is 65.2 Å². The fourth-order valence-electron chi connectivity index (χ4n) is 2.80. The van der Waals surface area contributed by atoms with Crippen LogP contribution in [-0.2, 0) is 6.42 Å². The fraction of sp³-hybridized carbons (Fsp3) is 0.316. The number of amidine groups is 1. The zero-order chi connectivity index (χ0) is 15.4. The van der Waals surface area contributed by atoms with Crippen molar-refractivity contribution in [3.63, 3.8) is 0 Å². The summed E-state index contributed by atoms with van der Waals surface area (Å²) in [5, 5.41) is 3.54. The van der Waals surface area contributed by atoms with Crippen LogP contribution in [0, 0.1) is 0 Å². The van der Waals surface area contributed by atoms with Gasteiger partial charge in [-0.1, -0.05) is 42.5 Å². The van der Waals surface area contributed by atoms with E-state index < -0.39 is 0 Å². The number of benzene rings is 2. The van der Waals surface area contributed by atoms with Gasteiger partial charge < -0.3 is 10.2 Å². The van der Waals surface area contributed by atoms with Crippen molar-refractivity contribution in [3.8, 4) is 0 Å². The summed E-state index contributed by atoms with van der Waals surface area (Å²) >= 11 is 0. The van der Waals surface area contributed by atoms with Crippen LogP contribution in [0.15, 0.2) is 53.5 Å². The maximum absolute atomic E-state index is 4.83. The summed E-state index contributed by atoms with van der Waals surface area (Å²) < 4.78 is 0. The molecule has 3 nitrogen and oxygen atoms in total. The fourth-order valence-corrected chi connectivity index (χ4v) is 2.80. The maximum atomic E-state index is 4.83. The number of hydrogen-bond acceptors (Lipinski definition) is 2. The number of anilines is 1. The lowest BCUT2D eigenvalue weighted by Crippen LogP contribution is -2.17. The minimum absolute atomic E-state index is 0.844. The molecule has 0 spiro atoms. The van der Waals surface area contributed by atoms with Crippen LogP contribution in [0.25, 0.3) is 0 Å². The molecule has 0 saturated carbocycles. The molecular formula is C19H23N3. The molecule has 1 aliphatic rings. The van der Waals surface area contributed by atoms with Gasteiger partial charge in [0.1, 0.15) is 5.84 Å². The Balaban J connectivity index is 1.90. The van der Waals surface area contributed by atoms with E-state index in [1.54, 1.807) is 0 Å². The molecule has 1 N–H and O–H groups in total. The normalized spacial score (nSPS) is 15.1. The number of rotatable bonds is 4. The van der Waals surface area contributed by atoms with Gasteiger partial charge in [0.2, 0.25) is 0 Å². The number of fused-ring (bicyclic) bond motifs is 2. The third kappa shape index (κ3) is 3.37. The lowest BCUT2D eigenvalue weighted by Gasteiger charge is -2.11. The van der Waals surface area contributed by atoms with Crippen LogP contribution in [0.1, 0.15) is 23.1 Å². The molecule has 22 heavy (non-hydrogen) atoms. The largest absolute Gasteiger partial charge is 0.340 e. The standard InChI is InChI=1S/C19H23N3/c1-22(2)13-7-12-20-19-17-10-5-3-8-15(17)14-16-9-4-6-11-18(16)21-19/h3-6,8-11H,7,12-14H2,1-2H3,(H,20,21). The number of aliphatic imine (C=N–C) groups is 1. The Morgan fingerprint density at radius 2 is 1.73 bits per heavy atom. The highest BCUT2D eigenvalue weighted by Crippen LogP contribution is 2.26. The molecular weight excluding hydrogens is 270 g/mol. The number of nitrogens with one attached hydrogen (secondary N) is 1. The summed E-state index contributed by atoms with van der Waals surface area (Å²) in [6, 6.07) is 17.1. The highest BCUT2D eigenvalue weighted by Gasteiger charge is 2.16. The molecule has 3 heteroatoms. The van der Waals surface area contributed by atoms with Crippen LogP contribution in [0.3, 0.4) is 0 Å². The van der Waals surface area contributed by atoms with Crippen LogP contribution in [0.4, 0.5) is 5.69 Å². The molecule has 0 fully saturated rings. The molecule has 1 aliphatic heterocycles. The first-order valence-electron chi connectivity index (χ1n) is 7.86. The van der Waals surface area contributed by atoms with Crippen molar-refractivity contribution in [2.45, 2.75) is 12.8 Å². The van der Waals surface area contributed by atoms with Gasteiger partial charge in [-0.15, -0.1) is 0 Å². The third-order valence-corrected chi connectivity index (χ3v) is 3.96. The SMILES string of the molecule is CN(C)CCCN=C1Nc2ccccc2Cc2ccccc21. The van der Waals surface area contributed by atoms with Gasteiger partial charge in [-0.25, -0.2) is 0 Å². The van der Waals surface area contributed by atoms with Gasteiger partial charge in [0.05, 0.1) is 0 Å². The smallest absolute Gasteiger partial charge is 0.133 e. The summed E-state index contributed by atoms with van der Waals surface area (Å²) in [6.07, 6.45) is 2.03. The number of nitrogens with zero attached hydrogens (tertiary/aromatic N) is 2. The van der Waals surface area contributed by atoms with Crippen molar-refractivity contribution in [1.29, 1.82) is 0 Å². The Bertz CT molecular complexity index is 674. The Morgan fingerprint density at radius 1 is 1.00 bits per heavy atom. The molecule has 2 aromatic carbocycles. The zero-order valence-electron chi connectivity index (χ0n) is 13.3. The quantitative estimate of drug-likeness (QED) is 0.875. The van der Waals surface area contributed by atoms with Gasteiger partial charge in [-0.3, -0.25) is 4.99 Å². The predicted octanol–water partition coefficient (Wildman–Crippen LogP) is 3.40. The molecule has 114 valence electrons. The second-order valence-electron chi connectivity index (χ2n) is 6.00. The molecule has 0 aromatic heterocycles. The monoisotopic (exact) mass is 293 g/mol. The molecule has 0 unspecified atom stereocenters. The first kappa shape index (κ1) is 14.8. The molecule has 0 radical (unpaired) electrons. The van der Waals surface area contributed by atoms with Gasteiger partial charge in [0.25, 0.3) is 0 Å². The van der Waals surface area contributed by atoms with E-state index in [0.29, 0.717) is 0 Å². The van der Waals surface area contributed by atoms with E-state index in [2.05, 4.69) is 72.8 Å². The van der Waals surface area contributed by atoms with Gasteiger partial charge in [-0.05, 0) is 44.3 Å². The minimum atomic E-state index is 0.844. The van der Waals surface area contributed by atoms with E-state index in [1.165, 1.54) is 22.4 Å². The molecule has 0 bridgehead atoms. The van der Waals surface area contributed by atoms with Gasteiger partial charge in [0.15, 0.2) is 0 Å². The molecule has 0 amide bonds. The Kier molecular flexibility index (Phi) is 4.54. The van der Waals surface area contributed by atoms with Gasteiger partial charge >= 0.3 is 0 Å². The second-order valence-corrected chi connectivity index (χ2v) is 6.00. The van der Waals surface area contributed by atoms with Crippen LogP contribution < -0.4 is 5.32 Å². The molecule has 1 heterocycles. The summed E-state index contributed by atoms with van der Waals surface area (Å²) in [7, 11) is 4.20. The van der Waals surface area contributed by atoms with Crippen LogP contribution in [0.5, 0.6) is 0 Å². The average molecular weight is 293 g/mol. The summed E-state index contributed by atoms with van der Waals surface area (Å²) in [5.74, 6) is 0.999. The minimum Gasteiger partial charge on any atom is -0.340 e. The molecule has 0 aliphatic carbocycles. The van der Waals surface area contributed by atoms with E-state index >= 15 is 0 Å². The van der Waals surface area contributed by atoms with Crippen LogP contribution >= 0.6 is 0 Å². The molecule has 0 saturated heterocycles. The molecule has 3 rings (SSSR count). The highest BCUT2D eigenvalue weighted by atomic mass is 15.1. The van der Waals surface area contributed by atoms with Gasteiger partial charge in [0, 0.05) is 24.2 Å². The number of para-hydroxylation sites is 1. The Morgan fingerprint density at radius 3 is 2.55 bits per heavy atom. The topological polar surface area (TPSA) is 27.6 Å². The highest BCUT2D eigenvalue weighted by molar-refractivity contribution is 6.10. The van der Waals surface area contributed by atoms with E-state index in [4.69, 9.17) is 4.99 Å². The number of hydrogen-bond donors (Lipinski definition) is 1. The maximum Gasteiger partial charge on any atom is 0.133 e. The first-order valence-corrected chi connectivity index (χ1v) is 7.86. The average Bonchev–Trinajstić information content (AvgIpc) is 2.68.